The Balaban J connectivity index is 0.989. The van der Waals surface area contributed by atoms with Gasteiger partial charge in [-0.3, -0.25) is 9.69 Å². The van der Waals surface area contributed by atoms with E-state index in [1.165, 1.54) is 0 Å². The molecule has 11 nitrogen and oxygen atoms in total. The third-order valence-electron chi connectivity index (χ3n) is 9.58. The zero-order chi connectivity index (χ0) is 32.1. The van der Waals surface area contributed by atoms with Gasteiger partial charge in [0.1, 0.15) is 17.7 Å². The fourth-order valence-electron chi connectivity index (χ4n) is 7.17. The number of aromatic amines is 2. The molecule has 3 aliphatic heterocycles. The van der Waals surface area contributed by atoms with Gasteiger partial charge in [0, 0.05) is 13.0 Å². The average molecular weight is 625 g/mol. The molecule has 0 spiro atoms. The van der Waals surface area contributed by atoms with Crippen LogP contribution >= 0.6 is 0 Å². The smallest absolute Gasteiger partial charge is 0.405 e. The largest absolute Gasteiger partial charge is 0.465 e. The van der Waals surface area contributed by atoms with Crippen molar-refractivity contribution < 1.29 is 14.7 Å². The standard InChI is InChI=1S/C36H32N8O3/c37-16-20-14-28(38-17-20)33-39-18-29(41-33)23-8-4-21(5-9-23)22-6-10-24(11-7-22)30-19-40-34(42-30)31-15-26-3-1-2-25-12-13-27(43-36(46)47)35(45)44(31)32(25)26/h1-11,18-20,27-28,31,38,43H,12-15,17H2,(H,39,41)(H,40,42)(H,46,47)/t20-,27+,28+,31+/m1/s1. The van der Waals surface area contributed by atoms with Gasteiger partial charge in [0.2, 0.25) is 5.91 Å². The van der Waals surface area contributed by atoms with Crippen molar-refractivity contribution in [3.8, 4) is 39.7 Å². The van der Waals surface area contributed by atoms with Gasteiger partial charge in [-0.25, -0.2) is 14.8 Å². The molecule has 2 aromatic heterocycles. The molecule has 47 heavy (non-hydrogen) atoms. The number of imidazole rings is 2. The summed E-state index contributed by atoms with van der Waals surface area (Å²) in [4.78, 5) is 43.0. The second kappa shape index (κ2) is 11.6. The fraction of sp³-hybridized carbons (Fsp3) is 0.250. The van der Waals surface area contributed by atoms with Crippen molar-refractivity contribution in [1.82, 2.24) is 30.6 Å². The minimum absolute atomic E-state index is 0.0193. The minimum Gasteiger partial charge on any atom is -0.465 e. The average Bonchev–Trinajstić information content (AvgIpc) is 3.91. The number of hydrogen-bond acceptors (Lipinski definition) is 6. The summed E-state index contributed by atoms with van der Waals surface area (Å²) in [5.74, 6) is 1.30. The number of benzene rings is 3. The summed E-state index contributed by atoms with van der Waals surface area (Å²) >= 11 is 0. The van der Waals surface area contributed by atoms with Gasteiger partial charge in [-0.2, -0.15) is 5.26 Å². The number of anilines is 1. The van der Waals surface area contributed by atoms with Crippen molar-refractivity contribution in [3.05, 3.63) is 102 Å². The molecule has 1 saturated heterocycles. The normalized spacial score (nSPS) is 21.7. The lowest BCUT2D eigenvalue weighted by molar-refractivity contribution is -0.120. The van der Waals surface area contributed by atoms with E-state index in [2.05, 4.69) is 80.2 Å². The molecule has 2 amide bonds. The van der Waals surface area contributed by atoms with Crippen LogP contribution in [0.25, 0.3) is 33.6 Å². The number of rotatable bonds is 6. The van der Waals surface area contributed by atoms with Crippen molar-refractivity contribution in [2.45, 2.75) is 43.8 Å². The topological polar surface area (TPSA) is 163 Å². The van der Waals surface area contributed by atoms with E-state index in [9.17, 15) is 20.0 Å². The lowest BCUT2D eigenvalue weighted by Crippen LogP contribution is -2.48. The molecule has 5 heterocycles. The van der Waals surface area contributed by atoms with Crippen LogP contribution in [0.15, 0.2) is 79.1 Å². The van der Waals surface area contributed by atoms with E-state index in [1.54, 1.807) is 11.1 Å². The third kappa shape index (κ3) is 5.22. The van der Waals surface area contributed by atoms with E-state index < -0.39 is 12.1 Å². The minimum atomic E-state index is -1.20. The molecule has 3 aliphatic rings. The molecule has 5 aromatic rings. The molecule has 0 unspecified atom stereocenters. The van der Waals surface area contributed by atoms with Crippen LogP contribution in [-0.2, 0) is 17.6 Å². The Kier molecular flexibility index (Phi) is 7.07. The van der Waals surface area contributed by atoms with Crippen molar-refractivity contribution in [3.63, 3.8) is 0 Å². The third-order valence-corrected chi connectivity index (χ3v) is 9.58. The van der Waals surface area contributed by atoms with Gasteiger partial charge in [0.05, 0.1) is 53.5 Å². The van der Waals surface area contributed by atoms with Gasteiger partial charge in [0.15, 0.2) is 0 Å². The van der Waals surface area contributed by atoms with Gasteiger partial charge in [-0.15, -0.1) is 0 Å². The first-order valence-corrected chi connectivity index (χ1v) is 15.8. The lowest BCUT2D eigenvalue weighted by atomic mass is 10.0. The van der Waals surface area contributed by atoms with Crippen LogP contribution in [0, 0.1) is 17.2 Å². The maximum atomic E-state index is 13.7. The van der Waals surface area contributed by atoms with Crippen LogP contribution in [-0.4, -0.2) is 49.6 Å². The Morgan fingerprint density at radius 2 is 1.51 bits per heavy atom. The van der Waals surface area contributed by atoms with Crippen LogP contribution < -0.4 is 15.5 Å². The summed E-state index contributed by atoms with van der Waals surface area (Å²) in [6.45, 7) is 0.691. The highest BCUT2D eigenvalue weighted by Crippen LogP contribution is 2.44. The molecule has 8 rings (SSSR count). The number of amides is 2. The maximum absolute atomic E-state index is 13.7. The monoisotopic (exact) mass is 624 g/mol. The number of nitriles is 1. The van der Waals surface area contributed by atoms with E-state index in [1.807, 2.05) is 24.4 Å². The fourth-order valence-corrected chi connectivity index (χ4v) is 7.17. The lowest BCUT2D eigenvalue weighted by Gasteiger charge is -2.27. The maximum Gasteiger partial charge on any atom is 0.405 e. The summed E-state index contributed by atoms with van der Waals surface area (Å²) in [6.07, 6.45) is 4.83. The second-order valence-electron chi connectivity index (χ2n) is 12.4. The zero-order valence-electron chi connectivity index (χ0n) is 25.4. The highest BCUT2D eigenvalue weighted by atomic mass is 16.4. The van der Waals surface area contributed by atoms with Crippen LogP contribution in [0.5, 0.6) is 0 Å². The number of nitrogens with one attached hydrogen (secondary N) is 4. The van der Waals surface area contributed by atoms with Gasteiger partial charge in [0.25, 0.3) is 0 Å². The molecule has 234 valence electrons. The van der Waals surface area contributed by atoms with Gasteiger partial charge in [-0.1, -0.05) is 66.7 Å². The second-order valence-corrected chi connectivity index (χ2v) is 12.4. The first-order valence-electron chi connectivity index (χ1n) is 15.8. The van der Waals surface area contributed by atoms with E-state index >= 15 is 0 Å². The molecule has 0 aliphatic carbocycles. The number of aryl methyl sites for hydroxylation is 1. The molecule has 11 heteroatoms. The van der Waals surface area contributed by atoms with Crippen LogP contribution in [0.4, 0.5) is 10.5 Å². The van der Waals surface area contributed by atoms with Gasteiger partial charge in [-0.05, 0) is 52.6 Å². The summed E-state index contributed by atoms with van der Waals surface area (Å²) in [5.41, 5.74) is 8.96. The Bertz CT molecular complexity index is 2020. The van der Waals surface area contributed by atoms with Crippen LogP contribution in [0.2, 0.25) is 0 Å². The molecule has 3 aromatic carbocycles. The Hall–Kier alpha value is -5.73. The number of carbonyl (C=O) groups excluding carboxylic acids is 1. The highest BCUT2D eigenvalue weighted by molar-refractivity contribution is 6.02. The molecule has 4 atom stereocenters. The molecule has 5 N–H and O–H groups in total. The predicted molar refractivity (Wildman–Crippen MR) is 175 cm³/mol. The summed E-state index contributed by atoms with van der Waals surface area (Å²) in [5, 5.41) is 24.3. The summed E-state index contributed by atoms with van der Waals surface area (Å²) in [7, 11) is 0. The zero-order valence-corrected chi connectivity index (χ0v) is 25.4. The number of carbonyl (C=O) groups is 2. The van der Waals surface area contributed by atoms with Crippen molar-refractivity contribution in [2.24, 2.45) is 5.92 Å². The van der Waals surface area contributed by atoms with Crippen LogP contribution in [0.3, 0.4) is 0 Å². The number of H-pyrrole nitrogens is 2. The van der Waals surface area contributed by atoms with Crippen molar-refractivity contribution in [2.75, 3.05) is 11.4 Å². The number of para-hydroxylation sites is 1. The SMILES string of the molecule is N#C[C@@H]1CN[C@H](c2ncc(-c3ccc(-c4ccc(-c5cnc([C@@H]6Cc7cccc8c7N6C(=O)[C@@H](NC(=O)O)CC8)[nH]5)cc4)cc3)[nH]2)C1. The highest BCUT2D eigenvalue weighted by Gasteiger charge is 2.42. The van der Waals surface area contributed by atoms with E-state index in [0.717, 1.165) is 62.7 Å². The summed E-state index contributed by atoms with van der Waals surface area (Å²) < 4.78 is 0. The van der Waals surface area contributed by atoms with Crippen LogP contribution in [0.1, 0.15) is 47.7 Å². The molecular weight excluding hydrogens is 592 g/mol. The van der Waals surface area contributed by atoms with E-state index in [0.29, 0.717) is 31.6 Å². The number of hydrogen-bond donors (Lipinski definition) is 5. The Labute approximate surface area is 270 Å². The molecule has 0 bridgehead atoms. The summed E-state index contributed by atoms with van der Waals surface area (Å²) in [6, 6.07) is 23.9. The number of aromatic nitrogens is 4. The molecular formula is C36H32N8O3. The van der Waals surface area contributed by atoms with E-state index in [4.69, 9.17) is 4.98 Å². The van der Waals surface area contributed by atoms with Crippen molar-refractivity contribution in [1.29, 1.82) is 5.26 Å². The Morgan fingerprint density at radius 3 is 2.15 bits per heavy atom. The van der Waals surface area contributed by atoms with Gasteiger partial charge < -0.3 is 25.7 Å². The molecule has 1 fully saturated rings. The Morgan fingerprint density at radius 1 is 0.894 bits per heavy atom. The van der Waals surface area contributed by atoms with Crippen molar-refractivity contribution >= 4 is 17.7 Å². The van der Waals surface area contributed by atoms with Gasteiger partial charge >= 0.3 is 6.09 Å². The van der Waals surface area contributed by atoms with E-state index in [-0.39, 0.29) is 23.9 Å². The molecule has 0 radical (unpaired) electrons. The number of nitrogens with zero attached hydrogens (tertiary/aromatic N) is 4. The molecule has 0 saturated carbocycles. The first kappa shape index (κ1) is 28.7. The predicted octanol–water partition coefficient (Wildman–Crippen LogP) is 5.52. The quantitative estimate of drug-likeness (QED) is 0.166. The first-order chi connectivity index (χ1) is 22.9. The number of carboxylic acid groups (broad SMARTS) is 1.